The monoisotopic (exact) mass is 289 g/mol. The molecule has 0 aliphatic carbocycles. The van der Waals surface area contributed by atoms with Crippen molar-refractivity contribution in [1.82, 2.24) is 14.8 Å². The van der Waals surface area contributed by atoms with Crippen LogP contribution in [0.15, 0.2) is 0 Å². The molecule has 0 aromatic carbocycles. The third-order valence-corrected chi connectivity index (χ3v) is 2.75. The van der Waals surface area contributed by atoms with Crippen molar-refractivity contribution in [3.8, 4) is 0 Å². The second kappa shape index (κ2) is 7.01. The Bertz CT molecular complexity index is 312. The molecule has 1 aromatic heterocycles. The van der Waals surface area contributed by atoms with Crippen LogP contribution in [0.25, 0.3) is 0 Å². The van der Waals surface area contributed by atoms with Gasteiger partial charge in [-0.05, 0) is 12.8 Å². The Morgan fingerprint density at radius 2 is 2.00 bits per heavy atom. The van der Waals surface area contributed by atoms with Gasteiger partial charge in [0.05, 0.1) is 11.9 Å². The minimum absolute atomic E-state index is 0.597. The van der Waals surface area contributed by atoms with E-state index in [2.05, 4.69) is 44.5 Å². The normalized spacial score (nSPS) is 11.3. The van der Waals surface area contributed by atoms with Gasteiger partial charge < -0.3 is 9.30 Å². The Hall–Kier alpha value is -0.420. The Morgan fingerprint density at radius 3 is 2.56 bits per heavy atom. The summed E-state index contributed by atoms with van der Waals surface area (Å²) in [5, 5.41) is 9.14. The fourth-order valence-corrected chi connectivity index (χ4v) is 1.95. The fraction of sp³-hybridized carbons (Fsp3) is 0.818. The first-order chi connectivity index (χ1) is 7.69. The van der Waals surface area contributed by atoms with Crippen LogP contribution in [0.1, 0.15) is 32.4 Å². The van der Waals surface area contributed by atoms with Crippen LogP contribution in [-0.4, -0.2) is 28.0 Å². The van der Waals surface area contributed by atoms with Gasteiger partial charge in [-0.15, -0.1) is 10.2 Å². The lowest BCUT2D eigenvalue weighted by molar-refractivity contribution is 0.148. The molecule has 1 heterocycles. The molecule has 1 aromatic rings. The van der Waals surface area contributed by atoms with Crippen LogP contribution < -0.4 is 0 Å². The average molecular weight is 290 g/mol. The van der Waals surface area contributed by atoms with Crippen molar-refractivity contribution < 1.29 is 4.74 Å². The van der Waals surface area contributed by atoms with E-state index in [1.807, 2.05) is 6.92 Å². The number of alkyl halides is 1. The van der Waals surface area contributed by atoms with Crippen LogP contribution in [-0.2, 0) is 23.0 Å². The molecule has 0 aliphatic heterocycles. The number of ether oxygens (including phenoxy) is 1. The second-order valence-electron chi connectivity index (χ2n) is 4.12. The van der Waals surface area contributed by atoms with E-state index in [1.165, 1.54) is 0 Å². The predicted octanol–water partition coefficient (Wildman–Crippen LogP) is 2.41. The molecular weight excluding hydrogens is 270 g/mol. The summed E-state index contributed by atoms with van der Waals surface area (Å²) in [6.07, 6.45) is 0.834. The Labute approximate surface area is 106 Å². The van der Waals surface area contributed by atoms with E-state index in [9.17, 15) is 0 Å². The molecule has 0 amide bonds. The highest BCUT2D eigenvalue weighted by Gasteiger charge is 2.11. The van der Waals surface area contributed by atoms with Crippen molar-refractivity contribution >= 4 is 15.9 Å². The van der Waals surface area contributed by atoms with Crippen molar-refractivity contribution in [2.75, 3.05) is 13.2 Å². The minimum atomic E-state index is 0.597. The first-order valence-electron chi connectivity index (χ1n) is 5.73. The third-order valence-electron chi connectivity index (χ3n) is 2.25. The highest BCUT2D eigenvalue weighted by molar-refractivity contribution is 9.08. The number of aromatic nitrogens is 3. The fourth-order valence-electron chi connectivity index (χ4n) is 1.54. The van der Waals surface area contributed by atoms with Crippen LogP contribution in [0.5, 0.6) is 0 Å². The summed E-state index contributed by atoms with van der Waals surface area (Å²) in [7, 11) is 0. The van der Waals surface area contributed by atoms with Crippen molar-refractivity contribution in [3.05, 3.63) is 11.6 Å². The van der Waals surface area contributed by atoms with Crippen molar-refractivity contribution in [1.29, 1.82) is 0 Å². The van der Waals surface area contributed by atoms with Crippen LogP contribution in [0, 0.1) is 5.92 Å². The molecule has 92 valence electrons. The molecule has 0 spiro atoms. The Balaban J connectivity index is 2.70. The number of nitrogens with zero attached hydrogens (tertiary/aromatic N) is 3. The average Bonchev–Trinajstić information content (AvgIpc) is 2.61. The van der Waals surface area contributed by atoms with Gasteiger partial charge in [-0.25, -0.2) is 0 Å². The van der Waals surface area contributed by atoms with Crippen molar-refractivity contribution in [3.63, 3.8) is 0 Å². The lowest BCUT2D eigenvalue weighted by Crippen LogP contribution is -2.13. The molecule has 0 unspecified atom stereocenters. The molecule has 4 nitrogen and oxygen atoms in total. The van der Waals surface area contributed by atoms with Crippen LogP contribution >= 0.6 is 15.9 Å². The van der Waals surface area contributed by atoms with E-state index in [0.29, 0.717) is 5.92 Å². The molecule has 0 saturated carbocycles. The lowest BCUT2D eigenvalue weighted by Gasteiger charge is -2.11. The van der Waals surface area contributed by atoms with Gasteiger partial charge in [-0.1, -0.05) is 29.8 Å². The molecule has 0 bridgehead atoms. The Morgan fingerprint density at radius 1 is 1.31 bits per heavy atom. The molecule has 0 radical (unpaired) electrons. The molecular formula is C11H20BrN3O. The van der Waals surface area contributed by atoms with Crippen LogP contribution in [0.2, 0.25) is 0 Å². The Kier molecular flexibility index (Phi) is 5.98. The number of hydrogen-bond donors (Lipinski definition) is 0. The molecule has 16 heavy (non-hydrogen) atoms. The van der Waals surface area contributed by atoms with Crippen LogP contribution in [0.3, 0.4) is 0 Å². The van der Waals surface area contributed by atoms with Gasteiger partial charge in [0.2, 0.25) is 0 Å². The zero-order valence-corrected chi connectivity index (χ0v) is 11.8. The zero-order chi connectivity index (χ0) is 12.0. The summed E-state index contributed by atoms with van der Waals surface area (Å²) in [4.78, 5) is 0. The molecule has 5 heteroatoms. The zero-order valence-electron chi connectivity index (χ0n) is 10.2. The maximum atomic E-state index is 5.35. The van der Waals surface area contributed by atoms with Gasteiger partial charge in [-0.2, -0.15) is 0 Å². The minimum Gasteiger partial charge on any atom is -0.381 e. The van der Waals surface area contributed by atoms with E-state index < -0.39 is 0 Å². The van der Waals surface area contributed by atoms with Gasteiger partial charge in [0.1, 0.15) is 11.6 Å². The van der Waals surface area contributed by atoms with Gasteiger partial charge >= 0.3 is 0 Å². The lowest BCUT2D eigenvalue weighted by atomic mass is 10.2. The van der Waals surface area contributed by atoms with Crippen molar-refractivity contribution in [2.45, 2.75) is 39.1 Å². The van der Waals surface area contributed by atoms with Gasteiger partial charge in [0.15, 0.2) is 0 Å². The highest BCUT2D eigenvalue weighted by Crippen LogP contribution is 2.10. The van der Waals surface area contributed by atoms with E-state index in [-0.39, 0.29) is 0 Å². The number of rotatable bonds is 7. The summed E-state index contributed by atoms with van der Waals surface area (Å²) in [5.74, 6) is 2.62. The van der Waals surface area contributed by atoms with Crippen molar-refractivity contribution in [2.24, 2.45) is 5.92 Å². The summed E-state index contributed by atoms with van der Waals surface area (Å²) in [6, 6.07) is 0. The molecule has 0 atom stereocenters. The molecule has 0 aliphatic rings. The predicted molar refractivity (Wildman–Crippen MR) is 67.7 cm³/mol. The largest absolute Gasteiger partial charge is 0.381 e. The molecule has 0 saturated heterocycles. The van der Waals surface area contributed by atoms with E-state index in [4.69, 9.17) is 4.74 Å². The SMILES string of the molecule is CCOCCc1nnc(CBr)n1CC(C)C. The maximum Gasteiger partial charge on any atom is 0.143 e. The maximum absolute atomic E-state index is 5.35. The molecule has 0 N–H and O–H groups in total. The topological polar surface area (TPSA) is 39.9 Å². The van der Waals surface area contributed by atoms with E-state index in [0.717, 1.165) is 43.2 Å². The standard InChI is InChI=1S/C11H20BrN3O/c1-4-16-6-5-10-13-14-11(7-12)15(10)8-9(2)3/h9H,4-8H2,1-3H3. The van der Waals surface area contributed by atoms with Gasteiger partial charge in [-0.3, -0.25) is 0 Å². The van der Waals surface area contributed by atoms with Crippen LogP contribution in [0.4, 0.5) is 0 Å². The quantitative estimate of drug-likeness (QED) is 0.572. The number of hydrogen-bond acceptors (Lipinski definition) is 3. The smallest absolute Gasteiger partial charge is 0.143 e. The molecule has 0 fully saturated rings. The molecule has 1 rings (SSSR count). The van der Waals surface area contributed by atoms with E-state index in [1.54, 1.807) is 0 Å². The summed E-state index contributed by atoms with van der Waals surface area (Å²) < 4.78 is 7.54. The number of halogens is 1. The summed E-state index contributed by atoms with van der Waals surface area (Å²) in [5.41, 5.74) is 0. The summed E-state index contributed by atoms with van der Waals surface area (Å²) in [6.45, 7) is 8.84. The van der Waals surface area contributed by atoms with Gasteiger partial charge in [0.25, 0.3) is 0 Å². The highest BCUT2D eigenvalue weighted by atomic mass is 79.9. The summed E-state index contributed by atoms with van der Waals surface area (Å²) >= 11 is 3.44. The first-order valence-corrected chi connectivity index (χ1v) is 6.85. The van der Waals surface area contributed by atoms with Gasteiger partial charge in [0, 0.05) is 19.6 Å². The van der Waals surface area contributed by atoms with E-state index >= 15 is 0 Å². The first kappa shape index (κ1) is 13.6. The third kappa shape index (κ3) is 3.87. The second-order valence-corrected chi connectivity index (χ2v) is 4.68.